The molecule has 0 aliphatic carbocycles. The first kappa shape index (κ1) is 11.5. The molecule has 0 spiro atoms. The van der Waals surface area contributed by atoms with Gasteiger partial charge in [-0.2, -0.15) is 0 Å². The number of ether oxygens (including phenoxy) is 1. The number of hydrogen-bond donors (Lipinski definition) is 1. The molecule has 2 aromatic heterocycles. The lowest BCUT2D eigenvalue weighted by atomic mass is 10.3. The molecule has 0 aliphatic rings. The van der Waals surface area contributed by atoms with Crippen molar-refractivity contribution >= 4 is 22.6 Å². The van der Waals surface area contributed by atoms with Crippen LogP contribution >= 0.6 is 0 Å². The minimum Gasteiger partial charge on any atom is -0.476 e. The van der Waals surface area contributed by atoms with E-state index in [0.29, 0.717) is 18.1 Å². The van der Waals surface area contributed by atoms with Crippen molar-refractivity contribution in [1.29, 1.82) is 0 Å². The molecule has 0 fully saturated rings. The van der Waals surface area contributed by atoms with Crippen LogP contribution in [-0.2, 0) is 0 Å². The van der Waals surface area contributed by atoms with Crippen LogP contribution in [0.15, 0.2) is 30.5 Å². The van der Waals surface area contributed by atoms with Gasteiger partial charge in [0.25, 0.3) is 5.88 Å². The van der Waals surface area contributed by atoms with Crippen molar-refractivity contribution in [2.45, 2.75) is 6.92 Å². The fraction of sp³-hybridized carbons (Fsp3) is 0.154. The lowest BCUT2D eigenvalue weighted by Gasteiger charge is -2.06. The highest BCUT2D eigenvalue weighted by Crippen LogP contribution is 2.23. The number of para-hydroxylation sites is 2. The highest BCUT2D eigenvalue weighted by atomic mass is 16.5. The average molecular weight is 257 g/mol. The monoisotopic (exact) mass is 257 g/mol. The van der Waals surface area contributed by atoms with Gasteiger partial charge in [-0.25, -0.2) is 14.8 Å². The van der Waals surface area contributed by atoms with Crippen molar-refractivity contribution in [3.05, 3.63) is 36.2 Å². The van der Waals surface area contributed by atoms with E-state index in [9.17, 15) is 4.79 Å². The Morgan fingerprint density at radius 2 is 2.16 bits per heavy atom. The molecule has 0 aliphatic heterocycles. The summed E-state index contributed by atoms with van der Waals surface area (Å²) < 4.78 is 7.12. The number of rotatable bonds is 3. The summed E-state index contributed by atoms with van der Waals surface area (Å²) in [6, 6.07) is 7.44. The molecule has 1 aromatic carbocycles. The number of aromatic carboxylic acids is 1. The molecule has 6 nitrogen and oxygen atoms in total. The molecule has 0 amide bonds. The van der Waals surface area contributed by atoms with E-state index < -0.39 is 5.97 Å². The highest BCUT2D eigenvalue weighted by Gasteiger charge is 2.15. The molecule has 0 atom stereocenters. The number of nitrogens with zero attached hydrogens (tertiary/aromatic N) is 3. The van der Waals surface area contributed by atoms with Crippen molar-refractivity contribution in [3.63, 3.8) is 0 Å². The van der Waals surface area contributed by atoms with Crippen molar-refractivity contribution < 1.29 is 14.6 Å². The fourth-order valence-electron chi connectivity index (χ4n) is 1.97. The SMILES string of the molecule is CCOc1nc2ccccc2n2cc(C(=O)O)nc12. The lowest BCUT2D eigenvalue weighted by molar-refractivity contribution is 0.0691. The maximum absolute atomic E-state index is 11.0. The second-order valence-electron chi connectivity index (χ2n) is 3.96. The van der Waals surface area contributed by atoms with E-state index >= 15 is 0 Å². The Morgan fingerprint density at radius 3 is 2.89 bits per heavy atom. The second-order valence-corrected chi connectivity index (χ2v) is 3.96. The smallest absolute Gasteiger partial charge is 0.356 e. The van der Waals surface area contributed by atoms with Gasteiger partial charge in [-0.3, -0.25) is 4.40 Å². The molecule has 0 unspecified atom stereocenters. The van der Waals surface area contributed by atoms with Gasteiger partial charge in [-0.1, -0.05) is 12.1 Å². The van der Waals surface area contributed by atoms with Crippen LogP contribution in [0.1, 0.15) is 17.4 Å². The fourth-order valence-corrected chi connectivity index (χ4v) is 1.97. The van der Waals surface area contributed by atoms with E-state index in [1.165, 1.54) is 6.20 Å². The molecule has 3 aromatic rings. The van der Waals surface area contributed by atoms with Gasteiger partial charge in [0.15, 0.2) is 5.69 Å². The molecule has 3 rings (SSSR count). The molecular weight excluding hydrogens is 246 g/mol. The molecule has 19 heavy (non-hydrogen) atoms. The summed E-state index contributed by atoms with van der Waals surface area (Å²) in [6.07, 6.45) is 1.48. The van der Waals surface area contributed by atoms with E-state index in [1.807, 2.05) is 31.2 Å². The third kappa shape index (κ3) is 1.77. The number of imidazole rings is 1. The normalized spacial score (nSPS) is 11.0. The van der Waals surface area contributed by atoms with Gasteiger partial charge in [0.1, 0.15) is 0 Å². The summed E-state index contributed by atoms with van der Waals surface area (Å²) in [5.41, 5.74) is 1.91. The molecule has 0 radical (unpaired) electrons. The molecule has 2 heterocycles. The third-order valence-electron chi connectivity index (χ3n) is 2.76. The number of carbonyl (C=O) groups is 1. The second kappa shape index (κ2) is 4.24. The topological polar surface area (TPSA) is 76.7 Å². The quantitative estimate of drug-likeness (QED) is 0.776. The molecule has 1 N–H and O–H groups in total. The van der Waals surface area contributed by atoms with E-state index in [-0.39, 0.29) is 5.69 Å². The standard InChI is InChI=1S/C13H11N3O3/c1-2-19-12-11-14-9(13(17)18)7-16(11)10-6-4-3-5-8(10)15-12/h3-7H,2H2,1H3,(H,17,18). The summed E-state index contributed by atoms with van der Waals surface area (Å²) in [4.78, 5) is 19.5. The van der Waals surface area contributed by atoms with Gasteiger partial charge in [-0.05, 0) is 19.1 Å². The Morgan fingerprint density at radius 1 is 1.37 bits per heavy atom. The van der Waals surface area contributed by atoms with Crippen LogP contribution in [0, 0.1) is 0 Å². The summed E-state index contributed by atoms with van der Waals surface area (Å²) >= 11 is 0. The van der Waals surface area contributed by atoms with Gasteiger partial charge in [0.2, 0.25) is 5.65 Å². The zero-order valence-electron chi connectivity index (χ0n) is 10.2. The first-order chi connectivity index (χ1) is 9.20. The molecule has 96 valence electrons. The van der Waals surface area contributed by atoms with Crippen molar-refractivity contribution in [1.82, 2.24) is 14.4 Å². The Hall–Kier alpha value is -2.63. The van der Waals surface area contributed by atoms with Gasteiger partial charge < -0.3 is 9.84 Å². The molecule has 0 saturated heterocycles. The number of carboxylic acids is 1. The number of fused-ring (bicyclic) bond motifs is 3. The highest BCUT2D eigenvalue weighted by molar-refractivity contribution is 5.88. The van der Waals surface area contributed by atoms with Crippen LogP contribution in [0.5, 0.6) is 5.88 Å². The summed E-state index contributed by atoms with van der Waals surface area (Å²) in [6.45, 7) is 2.28. The third-order valence-corrected chi connectivity index (χ3v) is 2.76. The number of aromatic nitrogens is 3. The number of carboxylic acid groups (broad SMARTS) is 1. The Bertz CT molecular complexity index is 779. The molecule has 0 saturated carbocycles. The maximum atomic E-state index is 11.0. The zero-order valence-corrected chi connectivity index (χ0v) is 10.2. The maximum Gasteiger partial charge on any atom is 0.356 e. The number of hydrogen-bond acceptors (Lipinski definition) is 4. The minimum atomic E-state index is -1.07. The van der Waals surface area contributed by atoms with E-state index in [4.69, 9.17) is 9.84 Å². The van der Waals surface area contributed by atoms with Crippen molar-refractivity contribution in [3.8, 4) is 5.88 Å². The first-order valence-electron chi connectivity index (χ1n) is 5.84. The van der Waals surface area contributed by atoms with Crippen LogP contribution in [0.25, 0.3) is 16.7 Å². The average Bonchev–Trinajstić information content (AvgIpc) is 2.85. The Kier molecular flexibility index (Phi) is 2.56. The van der Waals surface area contributed by atoms with E-state index in [2.05, 4.69) is 9.97 Å². The predicted octanol–water partition coefficient (Wildman–Crippen LogP) is 1.98. The van der Waals surface area contributed by atoms with Crippen molar-refractivity contribution in [2.24, 2.45) is 0 Å². The minimum absolute atomic E-state index is 0.0286. The summed E-state index contributed by atoms with van der Waals surface area (Å²) in [5.74, 6) is -0.732. The van der Waals surface area contributed by atoms with Gasteiger partial charge >= 0.3 is 5.97 Å². The van der Waals surface area contributed by atoms with Crippen molar-refractivity contribution in [2.75, 3.05) is 6.61 Å². The van der Waals surface area contributed by atoms with Crippen LogP contribution in [-0.4, -0.2) is 32.1 Å². The van der Waals surface area contributed by atoms with Gasteiger partial charge in [0.05, 0.1) is 17.6 Å². The predicted molar refractivity (Wildman–Crippen MR) is 68.6 cm³/mol. The van der Waals surface area contributed by atoms with Crippen LogP contribution in [0.4, 0.5) is 0 Å². The van der Waals surface area contributed by atoms with E-state index in [0.717, 1.165) is 11.0 Å². The Labute approximate surface area is 108 Å². The number of benzene rings is 1. The van der Waals surface area contributed by atoms with Gasteiger partial charge in [0, 0.05) is 6.20 Å². The molecule has 0 bridgehead atoms. The van der Waals surface area contributed by atoms with Crippen LogP contribution in [0.3, 0.4) is 0 Å². The molecular formula is C13H11N3O3. The van der Waals surface area contributed by atoms with Crippen LogP contribution in [0.2, 0.25) is 0 Å². The summed E-state index contributed by atoms with van der Waals surface area (Å²) in [5, 5.41) is 9.04. The van der Waals surface area contributed by atoms with E-state index in [1.54, 1.807) is 4.40 Å². The summed E-state index contributed by atoms with van der Waals surface area (Å²) in [7, 11) is 0. The van der Waals surface area contributed by atoms with Crippen LogP contribution < -0.4 is 4.74 Å². The first-order valence-corrected chi connectivity index (χ1v) is 5.84. The Balaban J connectivity index is 2.41. The lowest BCUT2D eigenvalue weighted by Crippen LogP contribution is -1.99. The zero-order chi connectivity index (χ0) is 13.4. The van der Waals surface area contributed by atoms with Gasteiger partial charge in [-0.15, -0.1) is 0 Å². The largest absolute Gasteiger partial charge is 0.476 e. The molecule has 6 heteroatoms.